The largest absolute Gasteiger partial charge is 0.350 e. The first-order valence-electron chi connectivity index (χ1n) is 12.0. The molecule has 6 rings (SSSR count). The van der Waals surface area contributed by atoms with Crippen molar-refractivity contribution in [1.82, 2.24) is 30.0 Å². The highest BCUT2D eigenvalue weighted by atomic mass is 19.1. The fraction of sp³-hybridized carbons (Fsp3) is 0.308. The van der Waals surface area contributed by atoms with Gasteiger partial charge in [-0.2, -0.15) is 5.10 Å². The van der Waals surface area contributed by atoms with E-state index in [1.807, 2.05) is 0 Å². The maximum absolute atomic E-state index is 14.4. The van der Waals surface area contributed by atoms with Crippen LogP contribution in [0.5, 0.6) is 0 Å². The molecule has 0 unspecified atom stereocenters. The molecule has 3 aromatic heterocycles. The average molecular weight is 504 g/mol. The Labute approximate surface area is 210 Å². The van der Waals surface area contributed by atoms with Crippen molar-refractivity contribution in [2.75, 3.05) is 5.32 Å². The number of nitrogens with zero attached hydrogens (tertiary/aromatic N) is 5. The zero-order chi connectivity index (χ0) is 25.9. The Morgan fingerprint density at radius 3 is 2.76 bits per heavy atom. The van der Waals surface area contributed by atoms with E-state index in [-0.39, 0.29) is 42.3 Å². The van der Waals surface area contributed by atoms with Crippen molar-refractivity contribution in [2.45, 2.75) is 45.2 Å². The van der Waals surface area contributed by atoms with E-state index >= 15 is 0 Å². The summed E-state index contributed by atoms with van der Waals surface area (Å²) in [4.78, 5) is 38.5. The Morgan fingerprint density at radius 1 is 1.22 bits per heavy atom. The number of benzene rings is 1. The second-order valence-electron chi connectivity index (χ2n) is 9.91. The van der Waals surface area contributed by atoms with Crippen LogP contribution in [0.25, 0.3) is 22.6 Å². The van der Waals surface area contributed by atoms with Crippen molar-refractivity contribution in [3.8, 4) is 11.5 Å². The summed E-state index contributed by atoms with van der Waals surface area (Å²) in [6, 6.07) is 7.57. The molecule has 2 N–H and O–H groups in total. The molecule has 1 aliphatic heterocycles. The number of pyridine rings is 1. The van der Waals surface area contributed by atoms with E-state index in [1.165, 1.54) is 16.8 Å². The van der Waals surface area contributed by atoms with Gasteiger partial charge < -0.3 is 10.6 Å². The second kappa shape index (κ2) is 8.39. The Hall–Kier alpha value is -4.28. The Bertz CT molecular complexity index is 1590. The minimum atomic E-state index is -0.909. The van der Waals surface area contributed by atoms with Crippen LogP contribution in [-0.4, -0.2) is 36.5 Å². The molecule has 188 valence electrons. The molecular weight excluding hydrogens is 480 g/mol. The third kappa shape index (κ3) is 4.00. The lowest BCUT2D eigenvalue weighted by Gasteiger charge is -2.18. The molecule has 37 heavy (non-hydrogen) atoms. The fourth-order valence-corrected chi connectivity index (χ4v) is 4.62. The summed E-state index contributed by atoms with van der Waals surface area (Å²) in [5.74, 6) is -0.821. The van der Waals surface area contributed by atoms with Crippen LogP contribution in [0.15, 0.2) is 36.5 Å². The number of fused-ring (bicyclic) bond motifs is 2. The summed E-state index contributed by atoms with van der Waals surface area (Å²) >= 11 is 0. The molecule has 11 heteroatoms. The lowest BCUT2D eigenvalue weighted by molar-refractivity contribution is -0.122. The monoisotopic (exact) mass is 503 g/mol. The standard InChI is InChI=1S/C26H23F2N7O2/c1-26(2)19-18(11-30-24(36)13-7-8-13)31-22(32-21(19)33-25(26)37)20-16-9-15(27)10-29-23(16)35(34-20)12-14-5-3-4-6-17(14)28/h3-6,9-10,13H,7-8,11-12H2,1-2H3,(H,30,36)(H,31,32,33,37). The van der Waals surface area contributed by atoms with Crippen molar-refractivity contribution in [3.63, 3.8) is 0 Å². The van der Waals surface area contributed by atoms with Crippen molar-refractivity contribution in [2.24, 2.45) is 5.92 Å². The summed E-state index contributed by atoms with van der Waals surface area (Å²) in [5.41, 5.74) is 1.10. The molecule has 0 spiro atoms. The molecule has 4 heterocycles. The topological polar surface area (TPSA) is 115 Å². The van der Waals surface area contributed by atoms with Crippen molar-refractivity contribution >= 4 is 28.7 Å². The van der Waals surface area contributed by atoms with E-state index in [1.54, 1.807) is 32.0 Å². The first kappa shape index (κ1) is 23.1. The second-order valence-corrected chi connectivity index (χ2v) is 9.91. The van der Waals surface area contributed by atoms with E-state index in [4.69, 9.17) is 4.98 Å². The number of aromatic nitrogens is 5. The molecule has 0 radical (unpaired) electrons. The number of halogens is 2. The summed E-state index contributed by atoms with van der Waals surface area (Å²) in [7, 11) is 0. The van der Waals surface area contributed by atoms with Gasteiger partial charge in [0.1, 0.15) is 23.1 Å². The van der Waals surface area contributed by atoms with Gasteiger partial charge in [0.25, 0.3) is 0 Å². The summed E-state index contributed by atoms with van der Waals surface area (Å²) in [6.45, 7) is 3.69. The van der Waals surface area contributed by atoms with E-state index in [0.29, 0.717) is 33.7 Å². The third-order valence-corrected chi connectivity index (χ3v) is 6.83. The molecule has 0 atom stereocenters. The number of nitrogens with one attached hydrogen (secondary N) is 2. The predicted molar refractivity (Wildman–Crippen MR) is 130 cm³/mol. The van der Waals surface area contributed by atoms with Gasteiger partial charge in [0.15, 0.2) is 11.5 Å². The predicted octanol–water partition coefficient (Wildman–Crippen LogP) is 3.47. The first-order chi connectivity index (χ1) is 17.7. The highest BCUT2D eigenvalue weighted by Crippen LogP contribution is 2.40. The number of carbonyl (C=O) groups excluding carboxylic acids is 2. The highest BCUT2D eigenvalue weighted by molar-refractivity contribution is 6.05. The lowest BCUT2D eigenvalue weighted by Crippen LogP contribution is -2.30. The molecule has 1 aliphatic carbocycles. The smallest absolute Gasteiger partial charge is 0.235 e. The first-order valence-corrected chi connectivity index (χ1v) is 12.0. The van der Waals surface area contributed by atoms with Crippen molar-refractivity contribution < 1.29 is 18.4 Å². The van der Waals surface area contributed by atoms with Crippen LogP contribution in [0.3, 0.4) is 0 Å². The van der Waals surface area contributed by atoms with Gasteiger partial charge in [-0.25, -0.2) is 28.4 Å². The molecule has 9 nitrogen and oxygen atoms in total. The molecule has 2 aliphatic rings. The van der Waals surface area contributed by atoms with E-state index in [2.05, 4.69) is 25.7 Å². The minimum Gasteiger partial charge on any atom is -0.350 e. The fourth-order valence-electron chi connectivity index (χ4n) is 4.62. The number of amides is 2. The molecule has 1 saturated carbocycles. The van der Waals surface area contributed by atoms with E-state index in [9.17, 15) is 18.4 Å². The zero-order valence-corrected chi connectivity index (χ0v) is 20.2. The van der Waals surface area contributed by atoms with Crippen molar-refractivity contribution in [3.05, 3.63) is 65.0 Å². The molecule has 0 saturated heterocycles. The number of hydrogen-bond acceptors (Lipinski definition) is 6. The number of anilines is 1. The number of hydrogen-bond donors (Lipinski definition) is 2. The molecule has 1 aromatic carbocycles. The number of carbonyl (C=O) groups is 2. The van der Waals surface area contributed by atoms with Crippen LogP contribution in [0, 0.1) is 17.6 Å². The summed E-state index contributed by atoms with van der Waals surface area (Å²) in [6.07, 6.45) is 2.78. The van der Waals surface area contributed by atoms with Gasteiger partial charge in [-0.05, 0) is 38.8 Å². The maximum atomic E-state index is 14.4. The SMILES string of the molecule is CC1(C)C(=O)Nc2nc(-c3nn(Cc4ccccc4F)c4ncc(F)cc34)nc(CNC(=O)C3CC3)c21. The van der Waals surface area contributed by atoms with Crippen LogP contribution >= 0.6 is 0 Å². The molecule has 4 aromatic rings. The zero-order valence-electron chi connectivity index (χ0n) is 20.2. The van der Waals surface area contributed by atoms with Gasteiger partial charge in [0.2, 0.25) is 11.8 Å². The molecule has 0 bridgehead atoms. The molecule has 2 amide bonds. The quantitative estimate of drug-likeness (QED) is 0.417. The van der Waals surface area contributed by atoms with Gasteiger partial charge in [-0.3, -0.25) is 9.59 Å². The van der Waals surface area contributed by atoms with Crippen LogP contribution in [0.2, 0.25) is 0 Å². The Morgan fingerprint density at radius 2 is 2.00 bits per heavy atom. The van der Waals surface area contributed by atoms with E-state index in [0.717, 1.165) is 19.0 Å². The molecule has 1 fully saturated rings. The van der Waals surface area contributed by atoms with Gasteiger partial charge >= 0.3 is 0 Å². The van der Waals surface area contributed by atoms with Crippen molar-refractivity contribution in [1.29, 1.82) is 0 Å². The summed E-state index contributed by atoms with van der Waals surface area (Å²) in [5, 5.41) is 10.6. The number of rotatable bonds is 6. The van der Waals surface area contributed by atoms with Gasteiger partial charge in [0.05, 0.1) is 35.8 Å². The average Bonchev–Trinajstić information content (AvgIpc) is 3.62. The molecular formula is C26H23F2N7O2. The van der Waals surface area contributed by atoms with Crippen LogP contribution in [0.4, 0.5) is 14.6 Å². The third-order valence-electron chi connectivity index (χ3n) is 6.83. The summed E-state index contributed by atoms with van der Waals surface area (Å²) < 4.78 is 30.1. The maximum Gasteiger partial charge on any atom is 0.235 e. The lowest BCUT2D eigenvalue weighted by atomic mass is 9.85. The van der Waals surface area contributed by atoms with Crippen LogP contribution in [0.1, 0.15) is 43.5 Å². The minimum absolute atomic E-state index is 0.00852. The van der Waals surface area contributed by atoms with Crippen LogP contribution in [-0.2, 0) is 28.1 Å². The Balaban J connectivity index is 1.48. The van der Waals surface area contributed by atoms with Gasteiger partial charge in [0, 0.05) is 17.0 Å². The Kier molecular flexibility index (Phi) is 5.25. The van der Waals surface area contributed by atoms with Gasteiger partial charge in [-0.1, -0.05) is 18.2 Å². The van der Waals surface area contributed by atoms with E-state index < -0.39 is 17.0 Å². The normalized spacial score (nSPS) is 16.1. The van der Waals surface area contributed by atoms with Crippen LogP contribution < -0.4 is 10.6 Å². The van der Waals surface area contributed by atoms with Gasteiger partial charge in [-0.15, -0.1) is 0 Å². The highest BCUT2D eigenvalue weighted by Gasteiger charge is 2.43.